The third-order valence-electron chi connectivity index (χ3n) is 3.49. The van der Waals surface area contributed by atoms with Gasteiger partial charge in [0.2, 0.25) is 5.91 Å². The first-order chi connectivity index (χ1) is 8.69. The number of aliphatic hydroxyl groups excluding tert-OH is 1. The van der Waals surface area contributed by atoms with Gasteiger partial charge in [-0.15, -0.1) is 0 Å². The van der Waals surface area contributed by atoms with E-state index in [1.54, 1.807) is 0 Å². The smallest absolute Gasteiger partial charge is 0.321 e. The van der Waals surface area contributed by atoms with Crippen molar-refractivity contribution in [2.24, 2.45) is 0 Å². The number of nitrogens with one attached hydrogen (secondary N) is 2. The summed E-state index contributed by atoms with van der Waals surface area (Å²) in [5.74, 6) is -0.298. The van der Waals surface area contributed by atoms with Crippen molar-refractivity contribution in [2.75, 3.05) is 19.7 Å². The molecule has 0 bridgehead atoms. The normalized spacial score (nSPS) is 19.4. The summed E-state index contributed by atoms with van der Waals surface area (Å²) in [4.78, 5) is 25.0. The van der Waals surface area contributed by atoms with Crippen LogP contribution in [0.25, 0.3) is 0 Å². The van der Waals surface area contributed by atoms with Crippen LogP contribution < -0.4 is 10.6 Å². The molecular formula is C12H21N3O3. The van der Waals surface area contributed by atoms with Gasteiger partial charge >= 0.3 is 6.03 Å². The van der Waals surface area contributed by atoms with Crippen molar-refractivity contribution in [2.45, 2.75) is 44.2 Å². The molecular weight excluding hydrogens is 234 g/mol. The lowest BCUT2D eigenvalue weighted by Crippen LogP contribution is -2.49. The summed E-state index contributed by atoms with van der Waals surface area (Å²) in [6.45, 7) is 0.712. The summed E-state index contributed by atoms with van der Waals surface area (Å²) in [6.07, 6.45) is 5.32. The third-order valence-corrected chi connectivity index (χ3v) is 3.49. The number of urea groups is 1. The number of rotatable bonds is 6. The van der Waals surface area contributed by atoms with Crippen LogP contribution in [0, 0.1) is 0 Å². The highest BCUT2D eigenvalue weighted by molar-refractivity contribution is 5.95. The van der Waals surface area contributed by atoms with Crippen LogP contribution in [0.15, 0.2) is 0 Å². The Morgan fingerprint density at radius 1 is 1.22 bits per heavy atom. The Labute approximate surface area is 107 Å². The van der Waals surface area contributed by atoms with Crippen LogP contribution in [0.1, 0.15) is 32.1 Å². The number of hydrogen-bond acceptors (Lipinski definition) is 4. The maximum absolute atomic E-state index is 11.7. The molecule has 0 aromatic heterocycles. The van der Waals surface area contributed by atoms with Gasteiger partial charge in [-0.25, -0.2) is 4.79 Å². The molecule has 0 aromatic rings. The lowest BCUT2D eigenvalue weighted by Gasteiger charge is -2.36. The Kier molecular flexibility index (Phi) is 4.54. The van der Waals surface area contributed by atoms with Crippen molar-refractivity contribution >= 4 is 11.9 Å². The Morgan fingerprint density at radius 2 is 1.94 bits per heavy atom. The van der Waals surface area contributed by atoms with E-state index in [9.17, 15) is 9.59 Å². The fourth-order valence-corrected chi connectivity index (χ4v) is 2.07. The van der Waals surface area contributed by atoms with E-state index in [2.05, 4.69) is 10.6 Å². The van der Waals surface area contributed by atoms with Gasteiger partial charge < -0.3 is 10.4 Å². The van der Waals surface area contributed by atoms with Crippen LogP contribution in [-0.2, 0) is 4.79 Å². The van der Waals surface area contributed by atoms with Crippen LogP contribution in [0.4, 0.5) is 4.79 Å². The van der Waals surface area contributed by atoms with Crippen molar-refractivity contribution in [3.05, 3.63) is 0 Å². The Bertz CT molecular complexity index is 314. The molecule has 0 radical (unpaired) electrons. The van der Waals surface area contributed by atoms with Gasteiger partial charge in [0, 0.05) is 18.6 Å². The van der Waals surface area contributed by atoms with Crippen LogP contribution in [0.3, 0.4) is 0 Å². The zero-order chi connectivity index (χ0) is 13.0. The van der Waals surface area contributed by atoms with E-state index in [-0.39, 0.29) is 25.1 Å². The largest absolute Gasteiger partial charge is 0.395 e. The summed E-state index contributed by atoms with van der Waals surface area (Å²) >= 11 is 0. The number of imide groups is 1. The molecule has 2 rings (SSSR count). The fraction of sp³-hybridized carbons (Fsp3) is 0.833. The van der Waals surface area contributed by atoms with Crippen molar-refractivity contribution in [1.82, 2.24) is 15.5 Å². The average molecular weight is 255 g/mol. The van der Waals surface area contributed by atoms with Gasteiger partial charge in [0.05, 0.1) is 13.2 Å². The maximum atomic E-state index is 11.7. The minimum atomic E-state index is -0.403. The van der Waals surface area contributed by atoms with E-state index in [0.29, 0.717) is 12.6 Å². The van der Waals surface area contributed by atoms with Gasteiger partial charge in [-0.3, -0.25) is 15.0 Å². The number of carbonyl (C=O) groups is 2. The number of hydrogen-bond donors (Lipinski definition) is 3. The first kappa shape index (κ1) is 13.3. The molecule has 6 heteroatoms. The highest BCUT2D eigenvalue weighted by atomic mass is 16.3. The summed E-state index contributed by atoms with van der Waals surface area (Å²) in [6, 6.07) is 0.229. The molecule has 0 heterocycles. The minimum Gasteiger partial charge on any atom is -0.395 e. The summed E-state index contributed by atoms with van der Waals surface area (Å²) in [5.41, 5.74) is 0. The molecule has 2 aliphatic rings. The van der Waals surface area contributed by atoms with Gasteiger partial charge in [0.1, 0.15) is 0 Å². The van der Waals surface area contributed by atoms with Crippen molar-refractivity contribution in [3.63, 3.8) is 0 Å². The molecule has 0 unspecified atom stereocenters. The van der Waals surface area contributed by atoms with Gasteiger partial charge in [-0.1, -0.05) is 6.42 Å². The maximum Gasteiger partial charge on any atom is 0.321 e. The second-order valence-electron chi connectivity index (χ2n) is 5.07. The standard InChI is InChI=1S/C12H21N3O3/c16-7-6-15(10-2-1-3-10)8-11(17)14-12(18)13-9-4-5-9/h9-10,16H,1-8H2,(H2,13,14,17,18). The zero-order valence-corrected chi connectivity index (χ0v) is 10.5. The summed E-state index contributed by atoms with van der Waals surface area (Å²) in [7, 11) is 0. The van der Waals surface area contributed by atoms with Crippen LogP contribution in [-0.4, -0.2) is 53.7 Å². The molecule has 0 aliphatic heterocycles. The van der Waals surface area contributed by atoms with E-state index in [4.69, 9.17) is 5.11 Å². The minimum absolute atomic E-state index is 0.0397. The molecule has 3 N–H and O–H groups in total. The lowest BCUT2D eigenvalue weighted by molar-refractivity contribution is -0.122. The van der Waals surface area contributed by atoms with Gasteiger partial charge in [0.25, 0.3) is 0 Å². The molecule has 0 aromatic carbocycles. The summed E-state index contributed by atoms with van der Waals surface area (Å²) < 4.78 is 0. The zero-order valence-electron chi connectivity index (χ0n) is 10.5. The second kappa shape index (κ2) is 6.15. The van der Waals surface area contributed by atoms with E-state index >= 15 is 0 Å². The molecule has 0 saturated heterocycles. The van der Waals surface area contributed by atoms with Crippen LogP contribution >= 0.6 is 0 Å². The molecule has 102 valence electrons. The Balaban J connectivity index is 1.71. The summed E-state index contributed by atoms with van der Waals surface area (Å²) in [5, 5.41) is 14.0. The number of carbonyl (C=O) groups excluding carboxylic acids is 2. The fourth-order valence-electron chi connectivity index (χ4n) is 2.07. The molecule has 2 fully saturated rings. The Morgan fingerprint density at radius 3 is 2.44 bits per heavy atom. The molecule has 2 saturated carbocycles. The first-order valence-corrected chi connectivity index (χ1v) is 6.64. The van der Waals surface area contributed by atoms with Crippen molar-refractivity contribution in [1.29, 1.82) is 0 Å². The molecule has 3 amide bonds. The van der Waals surface area contributed by atoms with Gasteiger partial charge in [0.15, 0.2) is 0 Å². The lowest BCUT2D eigenvalue weighted by atomic mass is 9.91. The topological polar surface area (TPSA) is 81.7 Å². The first-order valence-electron chi connectivity index (χ1n) is 6.64. The number of aliphatic hydroxyl groups is 1. The Hall–Kier alpha value is -1.14. The molecule has 18 heavy (non-hydrogen) atoms. The monoisotopic (exact) mass is 255 g/mol. The molecule has 2 aliphatic carbocycles. The third kappa shape index (κ3) is 3.96. The van der Waals surface area contributed by atoms with E-state index in [1.807, 2.05) is 4.90 Å². The quantitative estimate of drug-likeness (QED) is 0.615. The van der Waals surface area contributed by atoms with E-state index in [1.165, 1.54) is 6.42 Å². The average Bonchev–Trinajstić information content (AvgIpc) is 2.98. The predicted molar refractivity (Wildman–Crippen MR) is 66.0 cm³/mol. The molecule has 0 spiro atoms. The number of amides is 3. The van der Waals surface area contributed by atoms with Crippen LogP contribution in [0.5, 0.6) is 0 Å². The highest BCUT2D eigenvalue weighted by Gasteiger charge is 2.27. The van der Waals surface area contributed by atoms with Crippen molar-refractivity contribution < 1.29 is 14.7 Å². The van der Waals surface area contributed by atoms with E-state index in [0.717, 1.165) is 25.7 Å². The predicted octanol–water partition coefficient (Wildman–Crippen LogP) is -0.179. The van der Waals surface area contributed by atoms with Gasteiger partial charge in [-0.2, -0.15) is 0 Å². The van der Waals surface area contributed by atoms with Crippen LogP contribution in [0.2, 0.25) is 0 Å². The van der Waals surface area contributed by atoms with E-state index < -0.39 is 6.03 Å². The number of nitrogens with zero attached hydrogens (tertiary/aromatic N) is 1. The van der Waals surface area contributed by atoms with Crippen molar-refractivity contribution in [3.8, 4) is 0 Å². The second-order valence-corrected chi connectivity index (χ2v) is 5.07. The molecule has 6 nitrogen and oxygen atoms in total. The SMILES string of the molecule is O=C(CN(CCO)C1CCC1)NC(=O)NC1CC1. The molecule has 0 atom stereocenters. The van der Waals surface area contributed by atoms with Gasteiger partial charge in [-0.05, 0) is 25.7 Å². The highest BCUT2D eigenvalue weighted by Crippen LogP contribution is 2.24.